The molecule has 0 saturated heterocycles. The third kappa shape index (κ3) is 4.13. The molecule has 0 unspecified atom stereocenters. The average Bonchev–Trinajstić information content (AvgIpc) is 2.44. The summed E-state index contributed by atoms with van der Waals surface area (Å²) < 4.78 is 0. The van der Waals surface area contributed by atoms with Crippen LogP contribution in [0.3, 0.4) is 0 Å². The highest BCUT2D eigenvalue weighted by Crippen LogP contribution is 2.34. The Morgan fingerprint density at radius 3 is 2.43 bits per heavy atom. The number of halogens is 2. The number of rotatable bonds is 4. The number of carbonyl (C=O) groups excluding carboxylic acids is 1. The van der Waals surface area contributed by atoms with Gasteiger partial charge in [0.1, 0.15) is 0 Å². The molecule has 0 aliphatic carbocycles. The lowest BCUT2D eigenvalue weighted by Crippen LogP contribution is -2.12. The van der Waals surface area contributed by atoms with Crippen LogP contribution in [0.15, 0.2) is 36.4 Å². The second-order valence-electron chi connectivity index (χ2n) is 4.76. The number of phenols is 1. The number of aromatic hydroxyl groups is 1. The third-order valence-corrected chi connectivity index (χ3v) is 3.76. The number of amides is 1. The van der Waals surface area contributed by atoms with Crippen molar-refractivity contribution >= 4 is 34.8 Å². The van der Waals surface area contributed by atoms with Gasteiger partial charge >= 0.3 is 0 Å². The molecule has 0 aliphatic rings. The fourth-order valence-corrected chi connectivity index (χ4v) is 2.49. The standard InChI is InChI=1S/C16H15Cl2NO2/c1-10-4-2-3-5-11(10)6-7-15(20)19-12-8-13(17)16(21)14(18)9-12/h2-5,8-9,21H,6-7H2,1H3,(H,19,20). The SMILES string of the molecule is Cc1ccccc1CCC(=O)Nc1cc(Cl)c(O)c(Cl)c1. The Hall–Kier alpha value is -1.71. The van der Waals surface area contributed by atoms with Crippen molar-refractivity contribution in [2.75, 3.05) is 5.32 Å². The van der Waals surface area contributed by atoms with Crippen LogP contribution in [-0.4, -0.2) is 11.0 Å². The zero-order chi connectivity index (χ0) is 15.4. The molecule has 3 nitrogen and oxygen atoms in total. The van der Waals surface area contributed by atoms with Gasteiger partial charge in [0.2, 0.25) is 5.91 Å². The van der Waals surface area contributed by atoms with Crippen LogP contribution in [-0.2, 0) is 11.2 Å². The number of hydrogen-bond donors (Lipinski definition) is 2. The minimum absolute atomic E-state index is 0.108. The zero-order valence-corrected chi connectivity index (χ0v) is 13.0. The van der Waals surface area contributed by atoms with Gasteiger partial charge in [0.15, 0.2) is 5.75 Å². The molecular weight excluding hydrogens is 309 g/mol. The quantitative estimate of drug-likeness (QED) is 0.809. The van der Waals surface area contributed by atoms with E-state index in [0.717, 1.165) is 5.56 Å². The number of benzene rings is 2. The number of anilines is 1. The van der Waals surface area contributed by atoms with E-state index in [0.29, 0.717) is 18.5 Å². The van der Waals surface area contributed by atoms with Crippen molar-refractivity contribution in [1.29, 1.82) is 0 Å². The van der Waals surface area contributed by atoms with Crippen LogP contribution in [0.2, 0.25) is 10.0 Å². The molecule has 0 spiro atoms. The molecule has 5 heteroatoms. The van der Waals surface area contributed by atoms with Crippen molar-refractivity contribution in [1.82, 2.24) is 0 Å². The summed E-state index contributed by atoms with van der Waals surface area (Å²) in [4.78, 5) is 11.9. The molecular formula is C16H15Cl2NO2. The van der Waals surface area contributed by atoms with Crippen LogP contribution in [0, 0.1) is 6.92 Å². The first-order valence-electron chi connectivity index (χ1n) is 6.49. The summed E-state index contributed by atoms with van der Waals surface area (Å²) >= 11 is 11.6. The van der Waals surface area contributed by atoms with Crippen LogP contribution < -0.4 is 5.32 Å². The first-order chi connectivity index (χ1) is 9.97. The highest BCUT2D eigenvalue weighted by atomic mass is 35.5. The predicted molar refractivity (Wildman–Crippen MR) is 86.3 cm³/mol. The Labute approximate surface area is 133 Å². The van der Waals surface area contributed by atoms with Crippen molar-refractivity contribution in [2.24, 2.45) is 0 Å². The average molecular weight is 324 g/mol. The van der Waals surface area contributed by atoms with E-state index in [1.807, 2.05) is 31.2 Å². The Morgan fingerprint density at radius 2 is 1.81 bits per heavy atom. The van der Waals surface area contributed by atoms with E-state index < -0.39 is 0 Å². The van der Waals surface area contributed by atoms with Gasteiger partial charge in [-0.05, 0) is 36.6 Å². The van der Waals surface area contributed by atoms with E-state index >= 15 is 0 Å². The van der Waals surface area contributed by atoms with Gasteiger partial charge in [-0.2, -0.15) is 0 Å². The molecule has 0 fully saturated rings. The lowest BCUT2D eigenvalue weighted by atomic mass is 10.0. The molecule has 0 aromatic heterocycles. The molecule has 1 amide bonds. The summed E-state index contributed by atoms with van der Waals surface area (Å²) in [5.74, 6) is -0.313. The second kappa shape index (κ2) is 6.83. The van der Waals surface area contributed by atoms with Crippen molar-refractivity contribution in [3.8, 4) is 5.75 Å². The first kappa shape index (κ1) is 15.7. The number of hydrogen-bond acceptors (Lipinski definition) is 2. The van der Waals surface area contributed by atoms with Crippen LogP contribution in [0.25, 0.3) is 0 Å². The minimum atomic E-state index is -0.184. The first-order valence-corrected chi connectivity index (χ1v) is 7.25. The molecule has 2 aromatic rings. The van der Waals surface area contributed by atoms with Gasteiger partial charge in [0.05, 0.1) is 10.0 Å². The number of aryl methyl sites for hydroxylation is 2. The van der Waals surface area contributed by atoms with Gasteiger partial charge in [0.25, 0.3) is 0 Å². The monoisotopic (exact) mass is 323 g/mol. The van der Waals surface area contributed by atoms with E-state index in [1.54, 1.807) is 0 Å². The van der Waals surface area contributed by atoms with Crippen LogP contribution in [0.4, 0.5) is 5.69 Å². The lowest BCUT2D eigenvalue weighted by molar-refractivity contribution is -0.116. The zero-order valence-electron chi connectivity index (χ0n) is 11.5. The van der Waals surface area contributed by atoms with E-state index in [2.05, 4.69) is 5.32 Å². The smallest absolute Gasteiger partial charge is 0.224 e. The van der Waals surface area contributed by atoms with Crippen molar-refractivity contribution in [3.05, 3.63) is 57.6 Å². The largest absolute Gasteiger partial charge is 0.505 e. The van der Waals surface area contributed by atoms with Crippen molar-refractivity contribution < 1.29 is 9.90 Å². The molecule has 0 heterocycles. The van der Waals surface area contributed by atoms with Crippen LogP contribution in [0.5, 0.6) is 5.75 Å². The maximum absolute atomic E-state index is 11.9. The van der Waals surface area contributed by atoms with Gasteiger partial charge in [-0.15, -0.1) is 0 Å². The summed E-state index contributed by atoms with van der Waals surface area (Å²) in [6, 6.07) is 10.9. The summed E-state index contributed by atoms with van der Waals surface area (Å²) in [6.07, 6.45) is 1.03. The highest BCUT2D eigenvalue weighted by molar-refractivity contribution is 6.37. The molecule has 0 atom stereocenters. The van der Waals surface area contributed by atoms with E-state index in [-0.39, 0.29) is 21.7 Å². The molecule has 0 radical (unpaired) electrons. The topological polar surface area (TPSA) is 49.3 Å². The normalized spacial score (nSPS) is 10.4. The fraction of sp³-hybridized carbons (Fsp3) is 0.188. The molecule has 0 saturated carbocycles. The summed E-state index contributed by atoms with van der Waals surface area (Å²) in [7, 11) is 0. The highest BCUT2D eigenvalue weighted by Gasteiger charge is 2.09. The van der Waals surface area contributed by atoms with E-state index in [9.17, 15) is 9.90 Å². The Balaban J connectivity index is 1.98. The van der Waals surface area contributed by atoms with Crippen molar-refractivity contribution in [3.63, 3.8) is 0 Å². The van der Waals surface area contributed by atoms with Gasteiger partial charge < -0.3 is 10.4 Å². The molecule has 2 aromatic carbocycles. The van der Waals surface area contributed by atoms with Gasteiger partial charge in [-0.3, -0.25) is 4.79 Å². The second-order valence-corrected chi connectivity index (χ2v) is 5.58. The van der Waals surface area contributed by atoms with Gasteiger partial charge in [-0.1, -0.05) is 47.5 Å². The Kier molecular flexibility index (Phi) is 5.10. The predicted octanol–water partition coefficient (Wildman–Crippen LogP) is 4.58. The molecule has 0 bridgehead atoms. The maximum atomic E-state index is 11.9. The molecule has 0 aliphatic heterocycles. The van der Waals surface area contributed by atoms with Gasteiger partial charge in [-0.25, -0.2) is 0 Å². The van der Waals surface area contributed by atoms with Crippen molar-refractivity contribution in [2.45, 2.75) is 19.8 Å². The summed E-state index contributed by atoms with van der Waals surface area (Å²) in [6.45, 7) is 2.02. The fourth-order valence-electron chi connectivity index (χ4n) is 2.00. The Bertz CT molecular complexity index is 648. The third-order valence-electron chi connectivity index (χ3n) is 3.18. The summed E-state index contributed by atoms with van der Waals surface area (Å²) in [5.41, 5.74) is 2.79. The minimum Gasteiger partial charge on any atom is -0.505 e. The van der Waals surface area contributed by atoms with Crippen LogP contribution >= 0.6 is 23.2 Å². The lowest BCUT2D eigenvalue weighted by Gasteiger charge is -2.09. The molecule has 21 heavy (non-hydrogen) atoms. The van der Waals surface area contributed by atoms with E-state index in [1.165, 1.54) is 17.7 Å². The van der Waals surface area contributed by atoms with E-state index in [4.69, 9.17) is 23.2 Å². The van der Waals surface area contributed by atoms with Gasteiger partial charge in [0, 0.05) is 12.1 Å². The summed E-state index contributed by atoms with van der Waals surface area (Å²) in [5, 5.41) is 12.4. The van der Waals surface area contributed by atoms with Crippen LogP contribution in [0.1, 0.15) is 17.5 Å². The Morgan fingerprint density at radius 1 is 1.19 bits per heavy atom. The number of nitrogens with one attached hydrogen (secondary N) is 1. The number of carbonyl (C=O) groups is 1. The number of phenolic OH excluding ortho intramolecular Hbond substituents is 1. The molecule has 110 valence electrons. The maximum Gasteiger partial charge on any atom is 0.224 e. The molecule has 2 rings (SSSR count). The molecule has 2 N–H and O–H groups in total.